The van der Waals surface area contributed by atoms with Crippen LogP contribution in [0.5, 0.6) is 0 Å². The first-order valence-corrected chi connectivity index (χ1v) is 3.59. The lowest BCUT2D eigenvalue weighted by molar-refractivity contribution is -0.116. The fourth-order valence-electron chi connectivity index (χ4n) is 0.929. The minimum absolute atomic E-state index is 0.214. The minimum Gasteiger partial charge on any atom is -0.316 e. The zero-order chi connectivity index (χ0) is 7.56. The van der Waals surface area contributed by atoms with Crippen molar-refractivity contribution < 1.29 is 4.79 Å². The Labute approximate surface area is 61.3 Å². The van der Waals surface area contributed by atoms with Crippen LogP contribution >= 0.6 is 0 Å². The molecule has 1 rings (SSSR count). The third kappa shape index (κ3) is 1.67. The molecular formula is C8H13NO. The molecular weight excluding hydrogens is 126 g/mol. The van der Waals surface area contributed by atoms with Crippen molar-refractivity contribution in [2.24, 2.45) is 5.92 Å². The van der Waals surface area contributed by atoms with Crippen molar-refractivity contribution in [2.45, 2.75) is 13.3 Å². The van der Waals surface area contributed by atoms with E-state index in [0.29, 0.717) is 17.9 Å². The molecule has 1 aliphatic heterocycles. The molecule has 0 radical (unpaired) electrons. The van der Waals surface area contributed by atoms with Crippen LogP contribution in [0.2, 0.25) is 0 Å². The highest BCUT2D eigenvalue weighted by molar-refractivity contribution is 5.94. The lowest BCUT2D eigenvalue weighted by Gasteiger charge is -2.26. The van der Waals surface area contributed by atoms with Crippen molar-refractivity contribution >= 4 is 5.78 Å². The molecule has 2 heteroatoms. The van der Waals surface area contributed by atoms with Crippen molar-refractivity contribution in [3.05, 3.63) is 12.2 Å². The average molecular weight is 139 g/mol. The first kappa shape index (κ1) is 7.48. The summed E-state index contributed by atoms with van der Waals surface area (Å²) in [5.41, 5.74) is 0.687. The maximum atomic E-state index is 11.0. The Bertz CT molecular complexity index is 159. The molecule has 1 N–H and O–H groups in total. The maximum absolute atomic E-state index is 11.0. The monoisotopic (exact) mass is 139 g/mol. The van der Waals surface area contributed by atoms with E-state index >= 15 is 0 Å². The molecule has 1 heterocycles. The van der Waals surface area contributed by atoms with E-state index in [1.54, 1.807) is 6.92 Å². The predicted octanol–water partition coefficient (Wildman–Crippen LogP) is 0.741. The Morgan fingerprint density at radius 2 is 2.30 bits per heavy atom. The number of ketones is 1. The highest BCUT2D eigenvalue weighted by atomic mass is 16.1. The van der Waals surface area contributed by atoms with E-state index in [0.717, 1.165) is 13.1 Å². The van der Waals surface area contributed by atoms with Gasteiger partial charge in [0, 0.05) is 6.42 Å². The van der Waals surface area contributed by atoms with Crippen LogP contribution in [0.1, 0.15) is 13.3 Å². The third-order valence-electron chi connectivity index (χ3n) is 1.82. The van der Waals surface area contributed by atoms with Gasteiger partial charge in [0.05, 0.1) is 0 Å². The molecule has 0 aromatic rings. The molecule has 1 saturated heterocycles. The maximum Gasteiger partial charge on any atom is 0.158 e. The second-order valence-corrected chi connectivity index (χ2v) is 2.93. The summed E-state index contributed by atoms with van der Waals surface area (Å²) in [6.07, 6.45) is 0.683. The van der Waals surface area contributed by atoms with Crippen LogP contribution in [0.15, 0.2) is 12.2 Å². The van der Waals surface area contributed by atoms with Gasteiger partial charge in [0.2, 0.25) is 0 Å². The van der Waals surface area contributed by atoms with Gasteiger partial charge in [-0.05, 0) is 31.5 Å². The molecule has 0 spiro atoms. The van der Waals surface area contributed by atoms with E-state index in [9.17, 15) is 4.79 Å². The quantitative estimate of drug-likeness (QED) is 0.584. The minimum atomic E-state index is 0.214. The summed E-state index contributed by atoms with van der Waals surface area (Å²) in [5, 5.41) is 3.12. The zero-order valence-electron chi connectivity index (χ0n) is 6.31. The average Bonchev–Trinajstić information content (AvgIpc) is 1.77. The number of carbonyl (C=O) groups excluding carboxylic acids is 1. The van der Waals surface area contributed by atoms with Crippen molar-refractivity contribution in [3.63, 3.8) is 0 Å². The Balaban J connectivity index is 2.23. The Hall–Kier alpha value is -0.630. The van der Waals surface area contributed by atoms with Crippen molar-refractivity contribution in [1.29, 1.82) is 0 Å². The fraction of sp³-hybridized carbons (Fsp3) is 0.625. The predicted molar refractivity (Wildman–Crippen MR) is 40.8 cm³/mol. The molecule has 0 saturated carbocycles. The number of carbonyl (C=O) groups is 1. The van der Waals surface area contributed by atoms with Gasteiger partial charge in [-0.3, -0.25) is 4.79 Å². The summed E-state index contributed by atoms with van der Waals surface area (Å²) < 4.78 is 0. The van der Waals surface area contributed by atoms with E-state index in [1.165, 1.54) is 0 Å². The van der Waals surface area contributed by atoms with E-state index < -0.39 is 0 Å². The van der Waals surface area contributed by atoms with E-state index in [-0.39, 0.29) is 5.78 Å². The summed E-state index contributed by atoms with van der Waals surface area (Å²) in [5.74, 6) is 0.788. The van der Waals surface area contributed by atoms with Crippen LogP contribution < -0.4 is 5.32 Å². The molecule has 0 bridgehead atoms. The molecule has 0 aliphatic carbocycles. The van der Waals surface area contributed by atoms with Crippen molar-refractivity contribution in [2.75, 3.05) is 13.1 Å². The van der Waals surface area contributed by atoms with Crippen molar-refractivity contribution in [1.82, 2.24) is 5.32 Å². The van der Waals surface area contributed by atoms with Gasteiger partial charge in [-0.15, -0.1) is 0 Å². The Morgan fingerprint density at radius 3 is 2.60 bits per heavy atom. The van der Waals surface area contributed by atoms with Gasteiger partial charge >= 0.3 is 0 Å². The summed E-state index contributed by atoms with van der Waals surface area (Å²) >= 11 is 0. The smallest absolute Gasteiger partial charge is 0.158 e. The SMILES string of the molecule is C=C(C)C(=O)CC1CNC1. The number of hydrogen-bond donors (Lipinski definition) is 1. The van der Waals surface area contributed by atoms with Gasteiger partial charge in [0.1, 0.15) is 0 Å². The zero-order valence-corrected chi connectivity index (χ0v) is 6.31. The van der Waals surface area contributed by atoms with E-state index in [2.05, 4.69) is 11.9 Å². The highest BCUT2D eigenvalue weighted by Crippen LogP contribution is 2.10. The van der Waals surface area contributed by atoms with Gasteiger partial charge in [0.25, 0.3) is 0 Å². The molecule has 0 atom stereocenters. The normalized spacial score (nSPS) is 18.1. The van der Waals surface area contributed by atoms with Crippen LogP contribution in [0.3, 0.4) is 0 Å². The van der Waals surface area contributed by atoms with Gasteiger partial charge < -0.3 is 5.32 Å². The van der Waals surface area contributed by atoms with Crippen LogP contribution in [0, 0.1) is 5.92 Å². The van der Waals surface area contributed by atoms with Gasteiger partial charge in [-0.25, -0.2) is 0 Å². The van der Waals surface area contributed by atoms with Crippen LogP contribution in [0.4, 0.5) is 0 Å². The summed E-state index contributed by atoms with van der Waals surface area (Å²) in [7, 11) is 0. The number of hydrogen-bond acceptors (Lipinski definition) is 2. The topological polar surface area (TPSA) is 29.1 Å². The Morgan fingerprint density at radius 1 is 1.70 bits per heavy atom. The standard InChI is InChI=1S/C8H13NO/c1-6(2)8(10)3-7-4-9-5-7/h7,9H,1,3-5H2,2H3. The molecule has 0 aromatic heterocycles. The summed E-state index contributed by atoms with van der Waals surface area (Å²) in [6.45, 7) is 7.37. The first-order valence-electron chi connectivity index (χ1n) is 3.59. The van der Waals surface area contributed by atoms with Crippen LogP contribution in [-0.2, 0) is 4.79 Å². The molecule has 1 fully saturated rings. The molecule has 1 aliphatic rings. The van der Waals surface area contributed by atoms with Crippen molar-refractivity contribution in [3.8, 4) is 0 Å². The number of allylic oxidation sites excluding steroid dienone is 1. The summed E-state index contributed by atoms with van der Waals surface area (Å²) in [4.78, 5) is 11.0. The van der Waals surface area contributed by atoms with Gasteiger partial charge in [-0.2, -0.15) is 0 Å². The van der Waals surface area contributed by atoms with E-state index in [4.69, 9.17) is 0 Å². The highest BCUT2D eigenvalue weighted by Gasteiger charge is 2.19. The molecule has 10 heavy (non-hydrogen) atoms. The second-order valence-electron chi connectivity index (χ2n) is 2.93. The first-order chi connectivity index (χ1) is 4.70. The molecule has 0 amide bonds. The third-order valence-corrected chi connectivity index (χ3v) is 1.82. The van der Waals surface area contributed by atoms with Gasteiger partial charge in [-0.1, -0.05) is 6.58 Å². The van der Waals surface area contributed by atoms with Crippen LogP contribution in [0.25, 0.3) is 0 Å². The molecule has 0 unspecified atom stereocenters. The van der Waals surface area contributed by atoms with E-state index in [1.807, 2.05) is 0 Å². The lowest BCUT2D eigenvalue weighted by atomic mass is 9.95. The number of nitrogens with one attached hydrogen (secondary N) is 1. The van der Waals surface area contributed by atoms with Crippen LogP contribution in [-0.4, -0.2) is 18.9 Å². The Kier molecular flexibility index (Phi) is 2.22. The molecule has 0 aromatic carbocycles. The number of rotatable bonds is 3. The molecule has 2 nitrogen and oxygen atoms in total. The largest absolute Gasteiger partial charge is 0.316 e. The van der Waals surface area contributed by atoms with Gasteiger partial charge in [0.15, 0.2) is 5.78 Å². The lowest BCUT2D eigenvalue weighted by Crippen LogP contribution is -2.42. The fourth-order valence-corrected chi connectivity index (χ4v) is 0.929. The molecule has 56 valence electrons. The second kappa shape index (κ2) is 2.97. The summed E-state index contributed by atoms with van der Waals surface area (Å²) in [6, 6.07) is 0. The number of Topliss-reactive ketones (excluding diaryl/α,β-unsaturated/α-hetero) is 1.